The van der Waals surface area contributed by atoms with Gasteiger partial charge in [-0.25, -0.2) is 4.79 Å². The number of hydrogen-bond acceptors (Lipinski definition) is 3. The lowest BCUT2D eigenvalue weighted by Crippen LogP contribution is -2.28. The minimum Gasteiger partial charge on any atom is -0.481 e. The van der Waals surface area contributed by atoms with Gasteiger partial charge in [0.2, 0.25) is 0 Å². The van der Waals surface area contributed by atoms with Crippen LogP contribution in [0.15, 0.2) is 29.1 Å². The van der Waals surface area contributed by atoms with Crippen LogP contribution in [0.3, 0.4) is 0 Å². The van der Waals surface area contributed by atoms with Crippen molar-refractivity contribution in [3.63, 3.8) is 0 Å². The highest BCUT2D eigenvalue weighted by atomic mass is 16.4. The second-order valence-electron chi connectivity index (χ2n) is 5.19. The third-order valence-corrected chi connectivity index (χ3v) is 3.56. The number of aliphatic carboxylic acids is 1. The highest BCUT2D eigenvalue weighted by molar-refractivity contribution is 5.70. The Labute approximate surface area is 122 Å². The maximum absolute atomic E-state index is 12.1. The van der Waals surface area contributed by atoms with Gasteiger partial charge in [-0.3, -0.25) is 9.36 Å². The van der Waals surface area contributed by atoms with E-state index in [0.717, 1.165) is 11.1 Å². The van der Waals surface area contributed by atoms with Crippen molar-refractivity contribution in [2.24, 2.45) is 0 Å². The monoisotopic (exact) mass is 286 g/mol. The van der Waals surface area contributed by atoms with E-state index in [0.29, 0.717) is 23.5 Å². The first-order valence-corrected chi connectivity index (χ1v) is 6.72. The molecule has 0 spiro atoms. The Morgan fingerprint density at radius 1 is 1.19 bits per heavy atom. The molecule has 1 aromatic heterocycles. The van der Waals surface area contributed by atoms with E-state index in [2.05, 4.69) is 4.98 Å². The number of aryl methyl sites for hydroxylation is 2. The number of rotatable bonds is 4. The van der Waals surface area contributed by atoms with Crippen LogP contribution in [0.4, 0.5) is 0 Å². The van der Waals surface area contributed by atoms with Crippen molar-refractivity contribution >= 4 is 5.97 Å². The van der Waals surface area contributed by atoms with Gasteiger partial charge in [-0.15, -0.1) is 0 Å². The summed E-state index contributed by atoms with van der Waals surface area (Å²) in [7, 11) is 0. The van der Waals surface area contributed by atoms with E-state index in [9.17, 15) is 9.59 Å². The first kappa shape index (κ1) is 15.0. The summed E-state index contributed by atoms with van der Waals surface area (Å²) in [6, 6.07) is 7.88. The highest BCUT2D eigenvalue weighted by Gasteiger charge is 2.14. The van der Waals surface area contributed by atoms with Gasteiger partial charge in [-0.2, -0.15) is 4.98 Å². The number of benzene rings is 1. The van der Waals surface area contributed by atoms with E-state index in [1.165, 1.54) is 4.57 Å². The van der Waals surface area contributed by atoms with Crippen LogP contribution in [0.2, 0.25) is 0 Å². The second-order valence-corrected chi connectivity index (χ2v) is 5.19. The minimum absolute atomic E-state index is 0.126. The molecular weight excluding hydrogens is 268 g/mol. The number of aromatic nitrogens is 2. The lowest BCUT2D eigenvalue weighted by atomic mass is 10.1. The number of carboxylic acid groups (broad SMARTS) is 1. The summed E-state index contributed by atoms with van der Waals surface area (Å²) in [6.07, 6.45) is -0.126. The predicted octanol–water partition coefficient (Wildman–Crippen LogP) is 1.84. The third kappa shape index (κ3) is 3.37. The number of nitrogens with zero attached hydrogens (tertiary/aromatic N) is 2. The maximum Gasteiger partial charge on any atom is 0.348 e. The van der Waals surface area contributed by atoms with Gasteiger partial charge in [0, 0.05) is 17.0 Å². The van der Waals surface area contributed by atoms with E-state index < -0.39 is 5.97 Å². The van der Waals surface area contributed by atoms with Gasteiger partial charge in [0.05, 0.1) is 13.0 Å². The summed E-state index contributed by atoms with van der Waals surface area (Å²) in [4.78, 5) is 27.0. The first-order chi connectivity index (χ1) is 9.88. The number of carbonyl (C=O) groups is 1. The molecule has 0 fully saturated rings. The molecule has 5 heteroatoms. The molecule has 0 aliphatic rings. The summed E-state index contributed by atoms with van der Waals surface area (Å²) in [5.74, 6) is -0.927. The zero-order valence-electron chi connectivity index (χ0n) is 12.4. The second kappa shape index (κ2) is 5.91. The standard InChI is InChI=1S/C16H18N2O3/c1-10-4-6-13(7-5-10)9-18-12(3)14(8-15(19)20)11(2)17-16(18)21/h4-7H,8-9H2,1-3H3,(H,19,20). The fourth-order valence-electron chi connectivity index (χ4n) is 2.31. The summed E-state index contributed by atoms with van der Waals surface area (Å²) in [5.41, 5.74) is 3.54. The lowest BCUT2D eigenvalue weighted by Gasteiger charge is -2.14. The van der Waals surface area contributed by atoms with Gasteiger partial charge in [0.15, 0.2) is 0 Å². The zero-order valence-corrected chi connectivity index (χ0v) is 12.4. The fraction of sp³-hybridized carbons (Fsp3) is 0.312. The van der Waals surface area contributed by atoms with Gasteiger partial charge >= 0.3 is 11.7 Å². The zero-order chi connectivity index (χ0) is 15.6. The van der Waals surface area contributed by atoms with Crippen LogP contribution in [0.25, 0.3) is 0 Å². The quantitative estimate of drug-likeness (QED) is 0.931. The predicted molar refractivity (Wildman–Crippen MR) is 79.6 cm³/mol. The Hall–Kier alpha value is -2.43. The maximum atomic E-state index is 12.1. The first-order valence-electron chi connectivity index (χ1n) is 6.72. The molecule has 1 N–H and O–H groups in total. The summed E-state index contributed by atoms with van der Waals surface area (Å²) in [5, 5.41) is 8.98. The van der Waals surface area contributed by atoms with E-state index in [1.54, 1.807) is 13.8 Å². The Balaban J connectivity index is 2.45. The van der Waals surface area contributed by atoms with Crippen LogP contribution >= 0.6 is 0 Å². The average molecular weight is 286 g/mol. The van der Waals surface area contributed by atoms with Crippen molar-refractivity contribution in [1.29, 1.82) is 0 Å². The molecule has 0 bridgehead atoms. The van der Waals surface area contributed by atoms with E-state index in [4.69, 9.17) is 5.11 Å². The van der Waals surface area contributed by atoms with E-state index >= 15 is 0 Å². The molecular formula is C16H18N2O3. The molecule has 1 aromatic carbocycles. The molecule has 110 valence electrons. The molecule has 1 heterocycles. The third-order valence-electron chi connectivity index (χ3n) is 3.56. The highest BCUT2D eigenvalue weighted by Crippen LogP contribution is 2.12. The topological polar surface area (TPSA) is 72.2 Å². The van der Waals surface area contributed by atoms with Crippen molar-refractivity contribution in [2.45, 2.75) is 33.7 Å². The number of hydrogen-bond donors (Lipinski definition) is 1. The SMILES string of the molecule is Cc1ccc(Cn2c(C)c(CC(=O)O)c(C)nc2=O)cc1. The van der Waals surface area contributed by atoms with E-state index in [-0.39, 0.29) is 12.1 Å². The van der Waals surface area contributed by atoms with Crippen molar-refractivity contribution in [2.75, 3.05) is 0 Å². The Morgan fingerprint density at radius 3 is 2.38 bits per heavy atom. The largest absolute Gasteiger partial charge is 0.481 e. The van der Waals surface area contributed by atoms with E-state index in [1.807, 2.05) is 31.2 Å². The number of carboxylic acids is 1. The van der Waals surface area contributed by atoms with Crippen molar-refractivity contribution in [1.82, 2.24) is 9.55 Å². The molecule has 0 radical (unpaired) electrons. The van der Waals surface area contributed by atoms with Crippen LogP contribution in [-0.4, -0.2) is 20.6 Å². The van der Waals surface area contributed by atoms with Crippen LogP contribution in [-0.2, 0) is 17.8 Å². The molecule has 0 unspecified atom stereocenters. The lowest BCUT2D eigenvalue weighted by molar-refractivity contribution is -0.136. The molecule has 2 rings (SSSR count). The summed E-state index contributed by atoms with van der Waals surface area (Å²) < 4.78 is 1.52. The fourth-order valence-corrected chi connectivity index (χ4v) is 2.31. The Kier molecular flexibility index (Phi) is 4.21. The Morgan fingerprint density at radius 2 is 1.81 bits per heavy atom. The van der Waals surface area contributed by atoms with Gasteiger partial charge in [-0.05, 0) is 26.3 Å². The van der Waals surface area contributed by atoms with Gasteiger partial charge in [-0.1, -0.05) is 29.8 Å². The van der Waals surface area contributed by atoms with Crippen molar-refractivity contribution < 1.29 is 9.90 Å². The molecule has 0 atom stereocenters. The van der Waals surface area contributed by atoms with Crippen LogP contribution < -0.4 is 5.69 Å². The normalized spacial score (nSPS) is 10.6. The van der Waals surface area contributed by atoms with Gasteiger partial charge in [0.1, 0.15) is 0 Å². The van der Waals surface area contributed by atoms with Crippen molar-refractivity contribution in [3.05, 3.63) is 62.8 Å². The smallest absolute Gasteiger partial charge is 0.348 e. The molecule has 0 aliphatic carbocycles. The van der Waals surface area contributed by atoms with Crippen LogP contribution in [0, 0.1) is 20.8 Å². The Bertz CT molecular complexity index is 730. The molecule has 2 aromatic rings. The minimum atomic E-state index is -0.927. The summed E-state index contributed by atoms with van der Waals surface area (Å²) in [6.45, 7) is 5.83. The molecule has 0 amide bonds. The average Bonchev–Trinajstić information content (AvgIpc) is 2.41. The summed E-state index contributed by atoms with van der Waals surface area (Å²) >= 11 is 0. The molecule has 0 aliphatic heterocycles. The van der Waals surface area contributed by atoms with Crippen LogP contribution in [0.1, 0.15) is 28.1 Å². The molecule has 5 nitrogen and oxygen atoms in total. The molecule has 21 heavy (non-hydrogen) atoms. The van der Waals surface area contributed by atoms with Gasteiger partial charge in [0.25, 0.3) is 0 Å². The van der Waals surface area contributed by atoms with Crippen LogP contribution in [0.5, 0.6) is 0 Å². The molecule has 0 saturated carbocycles. The van der Waals surface area contributed by atoms with Crippen molar-refractivity contribution in [3.8, 4) is 0 Å². The molecule has 0 saturated heterocycles. The van der Waals surface area contributed by atoms with Gasteiger partial charge < -0.3 is 5.11 Å².